The van der Waals surface area contributed by atoms with E-state index in [4.69, 9.17) is 28.9 Å². The van der Waals surface area contributed by atoms with Crippen LogP contribution in [-0.2, 0) is 20.9 Å². The summed E-state index contributed by atoms with van der Waals surface area (Å²) in [6, 6.07) is 12.1. The van der Waals surface area contributed by atoms with Gasteiger partial charge in [-0.3, -0.25) is 0 Å². The van der Waals surface area contributed by atoms with Crippen molar-refractivity contribution in [3.05, 3.63) is 96.4 Å². The highest BCUT2D eigenvalue weighted by Gasteiger charge is 2.63. The SMILES string of the molecule is C=CCOc1ccc2c(c1)[C@H]1[C@H](CCCCO)[C@@H](CCCCO)C=C3/C(=N\OC4CCCCO4)C[C@H](NCc4ccc(F)cc4)[C@@](OCC=C)(O2)[C@H]31. The van der Waals surface area contributed by atoms with Crippen molar-refractivity contribution < 1.29 is 38.4 Å². The summed E-state index contributed by atoms with van der Waals surface area (Å²) in [5, 5.41) is 28.2. The maximum Gasteiger partial charge on any atom is 0.234 e. The van der Waals surface area contributed by atoms with Crippen molar-refractivity contribution in [3.8, 4) is 11.5 Å². The number of ether oxygens (including phenoxy) is 4. The van der Waals surface area contributed by atoms with Crippen molar-refractivity contribution in [1.29, 1.82) is 0 Å². The molecular formula is C42H55FN2O7. The van der Waals surface area contributed by atoms with Gasteiger partial charge in [-0.15, -0.1) is 6.58 Å². The summed E-state index contributed by atoms with van der Waals surface area (Å²) >= 11 is 0. The fourth-order valence-corrected chi connectivity index (χ4v) is 8.57. The first-order valence-electron chi connectivity index (χ1n) is 19.1. The van der Waals surface area contributed by atoms with Crippen LogP contribution in [0.4, 0.5) is 4.39 Å². The van der Waals surface area contributed by atoms with E-state index < -0.39 is 12.1 Å². The van der Waals surface area contributed by atoms with E-state index in [1.807, 2.05) is 12.1 Å². The lowest BCUT2D eigenvalue weighted by Gasteiger charge is -2.58. The minimum Gasteiger partial charge on any atom is -0.490 e. The summed E-state index contributed by atoms with van der Waals surface area (Å²) < 4.78 is 40.0. The fraction of sp³-hybridized carbons (Fsp3) is 0.548. The lowest BCUT2D eigenvalue weighted by Crippen LogP contribution is -2.68. The average Bonchev–Trinajstić information content (AvgIpc) is 3.17. The third-order valence-corrected chi connectivity index (χ3v) is 10.9. The number of unbranched alkanes of at least 4 members (excludes halogenated alkanes) is 2. The molecule has 0 radical (unpaired) electrons. The molecule has 282 valence electrons. The second-order valence-electron chi connectivity index (χ2n) is 14.3. The van der Waals surface area contributed by atoms with Gasteiger partial charge in [-0.25, -0.2) is 4.39 Å². The molecule has 2 heterocycles. The van der Waals surface area contributed by atoms with Crippen molar-refractivity contribution >= 4 is 5.71 Å². The number of allylic oxidation sites excluding steroid dienone is 1. The molecule has 2 aliphatic carbocycles. The summed E-state index contributed by atoms with van der Waals surface area (Å²) in [4.78, 5) is 6.17. The molecule has 2 aromatic rings. The van der Waals surface area contributed by atoms with E-state index >= 15 is 0 Å². The zero-order valence-electron chi connectivity index (χ0n) is 30.2. The molecule has 2 aliphatic heterocycles. The number of benzene rings is 2. The quantitative estimate of drug-likeness (QED) is 0.0787. The molecule has 1 saturated heterocycles. The van der Waals surface area contributed by atoms with Gasteiger partial charge in [0.1, 0.15) is 23.9 Å². The molecule has 0 amide bonds. The second-order valence-corrected chi connectivity index (χ2v) is 14.3. The monoisotopic (exact) mass is 718 g/mol. The van der Waals surface area contributed by atoms with E-state index in [9.17, 15) is 14.6 Å². The summed E-state index contributed by atoms with van der Waals surface area (Å²) in [5.41, 5.74) is 3.84. The highest BCUT2D eigenvalue weighted by Crippen LogP contribution is 2.61. The van der Waals surface area contributed by atoms with Gasteiger partial charge in [-0.2, -0.15) is 0 Å². The van der Waals surface area contributed by atoms with Crippen LogP contribution in [0, 0.1) is 23.6 Å². The van der Waals surface area contributed by atoms with Gasteiger partial charge in [0.05, 0.1) is 30.9 Å². The van der Waals surface area contributed by atoms with Crippen molar-refractivity contribution in [1.82, 2.24) is 5.32 Å². The maximum atomic E-state index is 13.9. The van der Waals surface area contributed by atoms with Gasteiger partial charge in [-0.1, -0.05) is 54.9 Å². The van der Waals surface area contributed by atoms with Crippen LogP contribution in [0.3, 0.4) is 0 Å². The first kappa shape index (κ1) is 38.2. The fourth-order valence-electron chi connectivity index (χ4n) is 8.57. The minimum absolute atomic E-state index is 0.0646. The highest BCUT2D eigenvalue weighted by atomic mass is 19.1. The topological polar surface area (TPSA) is 111 Å². The first-order chi connectivity index (χ1) is 25.5. The third kappa shape index (κ3) is 8.63. The number of nitrogens with one attached hydrogen (secondary N) is 1. The molecule has 52 heavy (non-hydrogen) atoms. The van der Waals surface area contributed by atoms with Crippen LogP contribution in [-0.4, -0.2) is 67.1 Å². The van der Waals surface area contributed by atoms with Crippen LogP contribution in [0.15, 0.2) is 84.6 Å². The molecule has 1 unspecified atom stereocenters. The third-order valence-electron chi connectivity index (χ3n) is 10.9. The summed E-state index contributed by atoms with van der Waals surface area (Å²) in [6.45, 7) is 9.85. The number of rotatable bonds is 19. The van der Waals surface area contributed by atoms with Crippen LogP contribution in [0.1, 0.15) is 81.3 Å². The number of oxime groups is 1. The van der Waals surface area contributed by atoms with Crippen molar-refractivity contribution in [2.24, 2.45) is 22.9 Å². The second kappa shape index (κ2) is 18.5. The van der Waals surface area contributed by atoms with Gasteiger partial charge in [0.2, 0.25) is 12.1 Å². The molecule has 9 nitrogen and oxygen atoms in total. The van der Waals surface area contributed by atoms with E-state index in [0.717, 1.165) is 85.3 Å². The lowest BCUT2D eigenvalue weighted by molar-refractivity contribution is -0.242. The molecule has 3 N–H and O–H groups in total. The van der Waals surface area contributed by atoms with E-state index in [-0.39, 0.29) is 55.4 Å². The Morgan fingerprint density at radius 3 is 2.50 bits per heavy atom. The lowest BCUT2D eigenvalue weighted by atomic mass is 9.55. The number of halogens is 1. The predicted octanol–water partition coefficient (Wildman–Crippen LogP) is 7.34. The van der Waals surface area contributed by atoms with Crippen molar-refractivity contribution in [2.75, 3.05) is 33.0 Å². The molecule has 0 spiro atoms. The molecule has 6 rings (SSSR count). The van der Waals surface area contributed by atoms with E-state index in [2.05, 4.69) is 30.6 Å². The molecule has 4 aliphatic rings. The van der Waals surface area contributed by atoms with Crippen LogP contribution < -0.4 is 14.8 Å². The molecule has 10 heteroatoms. The minimum atomic E-state index is -1.16. The molecule has 2 fully saturated rings. The zero-order valence-corrected chi connectivity index (χ0v) is 30.2. The number of aliphatic hydroxyl groups excluding tert-OH is 2. The van der Waals surface area contributed by atoms with Crippen LogP contribution in [0.5, 0.6) is 11.5 Å². The van der Waals surface area contributed by atoms with E-state index in [1.54, 1.807) is 24.3 Å². The van der Waals surface area contributed by atoms with Gasteiger partial charge >= 0.3 is 0 Å². The Kier molecular flexibility index (Phi) is 13.6. The normalized spacial score (nSPS) is 28.6. The summed E-state index contributed by atoms with van der Waals surface area (Å²) in [6.07, 6.45) is 13.7. The van der Waals surface area contributed by atoms with Crippen LogP contribution in [0.25, 0.3) is 0 Å². The maximum absolute atomic E-state index is 13.9. The van der Waals surface area contributed by atoms with Gasteiger partial charge in [-0.05, 0) is 91.8 Å². The van der Waals surface area contributed by atoms with Gasteiger partial charge in [0.15, 0.2) is 0 Å². The standard InChI is InChI=1S/C42H55FN2O7/c1-3-22-48-32-18-19-37-35(26-32)40-33(12-6-9-21-47)30(11-5-8-20-46)25-34-36(45-52-39-13-7-10-24-49-39)27-38(42(51-37,41(34)40)50-23-4-2)44-28-29-14-16-31(43)17-15-29/h3-4,14-19,25-26,30,33,38-41,44,46-47H,1-2,5-13,20-24,27-28H2/b45-36-/t30-,33+,38-,39?,40+,41+,42+/m0/s1. The molecular weight excluding hydrogens is 663 g/mol. The number of hydrogen-bond acceptors (Lipinski definition) is 9. The summed E-state index contributed by atoms with van der Waals surface area (Å²) in [7, 11) is 0. The van der Waals surface area contributed by atoms with Gasteiger partial charge < -0.3 is 39.3 Å². The predicted molar refractivity (Wildman–Crippen MR) is 199 cm³/mol. The largest absolute Gasteiger partial charge is 0.490 e. The first-order valence-corrected chi connectivity index (χ1v) is 19.1. The van der Waals surface area contributed by atoms with Crippen molar-refractivity contribution in [3.63, 3.8) is 0 Å². The smallest absolute Gasteiger partial charge is 0.234 e. The Labute approximate surface area is 307 Å². The molecule has 0 aromatic heterocycles. The average molecular weight is 719 g/mol. The van der Waals surface area contributed by atoms with E-state index in [0.29, 0.717) is 32.6 Å². The zero-order chi connectivity index (χ0) is 36.3. The number of fused-ring (bicyclic) bond motifs is 2. The number of nitrogens with zero attached hydrogens (tertiary/aromatic N) is 1. The van der Waals surface area contributed by atoms with Gasteiger partial charge in [0.25, 0.3) is 0 Å². The molecule has 0 bridgehead atoms. The Balaban J connectivity index is 1.51. The molecule has 1 saturated carbocycles. The van der Waals surface area contributed by atoms with Crippen LogP contribution >= 0.6 is 0 Å². The van der Waals surface area contributed by atoms with Crippen molar-refractivity contribution in [2.45, 2.75) is 94.8 Å². The Bertz CT molecular complexity index is 1540. The highest BCUT2D eigenvalue weighted by molar-refractivity contribution is 6.02. The van der Waals surface area contributed by atoms with Gasteiger partial charge in [0, 0.05) is 44.1 Å². The molecule has 7 atom stereocenters. The number of hydrogen-bond donors (Lipinski definition) is 3. The molecule has 2 aromatic carbocycles. The Morgan fingerprint density at radius 2 is 1.77 bits per heavy atom. The number of aliphatic hydroxyl groups is 2. The summed E-state index contributed by atoms with van der Waals surface area (Å²) in [5.74, 6) is 0.00388. The Hall–Kier alpha value is -3.54. The van der Waals surface area contributed by atoms with E-state index in [1.165, 1.54) is 12.1 Å². The van der Waals surface area contributed by atoms with Crippen LogP contribution in [0.2, 0.25) is 0 Å². The Morgan fingerprint density at radius 1 is 0.981 bits per heavy atom.